The number of benzene rings is 1. The zero-order valence-corrected chi connectivity index (χ0v) is 10.6. The molecule has 0 radical (unpaired) electrons. The second kappa shape index (κ2) is 5.19. The van der Waals surface area contributed by atoms with Crippen LogP contribution in [0, 0.1) is 0 Å². The van der Waals surface area contributed by atoms with Gasteiger partial charge in [-0.15, -0.1) is 0 Å². The minimum Gasteiger partial charge on any atom is -0.497 e. The third-order valence-electron chi connectivity index (χ3n) is 2.36. The third kappa shape index (κ3) is 2.88. The average molecular weight is 267 g/mol. The van der Waals surface area contributed by atoms with E-state index < -0.39 is 10.0 Å². The summed E-state index contributed by atoms with van der Waals surface area (Å²) in [5.41, 5.74) is 0.817. The van der Waals surface area contributed by atoms with E-state index in [0.29, 0.717) is 5.75 Å². The maximum atomic E-state index is 11.8. The molecule has 6 nitrogen and oxygen atoms in total. The first-order chi connectivity index (χ1) is 8.62. The first kappa shape index (κ1) is 12.6. The minimum absolute atomic E-state index is 0.0467. The van der Waals surface area contributed by atoms with Gasteiger partial charge in [-0.05, 0) is 17.7 Å². The Morgan fingerprint density at radius 2 is 2.28 bits per heavy atom. The van der Waals surface area contributed by atoms with Crippen LogP contribution in [0.3, 0.4) is 0 Å². The van der Waals surface area contributed by atoms with Gasteiger partial charge in [0.2, 0.25) is 0 Å². The number of aromatic amines is 1. The van der Waals surface area contributed by atoms with E-state index >= 15 is 0 Å². The molecule has 0 unspecified atom stereocenters. The number of rotatable bonds is 5. The highest BCUT2D eigenvalue weighted by atomic mass is 32.2. The fourth-order valence-corrected chi connectivity index (χ4v) is 2.35. The molecule has 1 aromatic heterocycles. The molecule has 0 aliphatic rings. The van der Waals surface area contributed by atoms with Crippen LogP contribution in [0.2, 0.25) is 0 Å². The van der Waals surface area contributed by atoms with Gasteiger partial charge in [0.15, 0.2) is 5.03 Å². The molecule has 7 heteroatoms. The Morgan fingerprint density at radius 1 is 1.44 bits per heavy atom. The van der Waals surface area contributed by atoms with Crippen LogP contribution >= 0.6 is 0 Å². The van der Waals surface area contributed by atoms with Gasteiger partial charge >= 0.3 is 0 Å². The molecule has 1 aromatic carbocycles. The second-order valence-electron chi connectivity index (χ2n) is 3.59. The van der Waals surface area contributed by atoms with E-state index in [4.69, 9.17) is 4.74 Å². The Bertz CT molecular complexity index is 608. The van der Waals surface area contributed by atoms with Crippen LogP contribution in [-0.4, -0.2) is 25.5 Å². The van der Waals surface area contributed by atoms with Crippen LogP contribution in [0.1, 0.15) is 5.56 Å². The first-order valence-electron chi connectivity index (χ1n) is 5.23. The molecule has 0 aliphatic carbocycles. The smallest absolute Gasteiger partial charge is 0.257 e. The zero-order chi connectivity index (χ0) is 13.0. The molecule has 0 spiro atoms. The number of nitrogens with one attached hydrogen (secondary N) is 2. The quantitative estimate of drug-likeness (QED) is 0.843. The number of hydrogen-bond donors (Lipinski definition) is 2. The molecule has 2 aromatic rings. The van der Waals surface area contributed by atoms with Crippen molar-refractivity contribution in [2.45, 2.75) is 11.6 Å². The standard InChI is InChI=1S/C11H13N3O3S/c1-17-10-4-2-3-9(5-10)6-14-18(15,16)11-7-12-8-13-11/h2-5,7-8,14H,6H2,1H3,(H,12,13). The van der Waals surface area contributed by atoms with Gasteiger partial charge in [-0.25, -0.2) is 18.1 Å². The fourth-order valence-electron chi connectivity index (χ4n) is 1.43. The summed E-state index contributed by atoms with van der Waals surface area (Å²) < 4.78 is 31.2. The summed E-state index contributed by atoms with van der Waals surface area (Å²) in [7, 11) is -1.98. The third-order valence-corrected chi connectivity index (χ3v) is 3.69. The molecule has 2 N–H and O–H groups in total. The fraction of sp³-hybridized carbons (Fsp3) is 0.182. The highest BCUT2D eigenvalue weighted by Gasteiger charge is 2.14. The topological polar surface area (TPSA) is 84.1 Å². The van der Waals surface area contributed by atoms with Crippen LogP contribution in [0.4, 0.5) is 0 Å². The summed E-state index contributed by atoms with van der Waals surface area (Å²) in [6, 6.07) is 7.19. The van der Waals surface area contributed by atoms with Crippen molar-refractivity contribution in [3.8, 4) is 5.75 Å². The highest BCUT2D eigenvalue weighted by Crippen LogP contribution is 2.13. The van der Waals surface area contributed by atoms with Gasteiger partial charge in [0.25, 0.3) is 10.0 Å². The van der Waals surface area contributed by atoms with Crippen molar-refractivity contribution < 1.29 is 13.2 Å². The van der Waals surface area contributed by atoms with E-state index in [-0.39, 0.29) is 11.6 Å². The zero-order valence-electron chi connectivity index (χ0n) is 9.75. The summed E-state index contributed by atoms with van der Waals surface area (Å²) in [6.07, 6.45) is 2.58. The van der Waals surface area contributed by atoms with Crippen LogP contribution in [0.5, 0.6) is 5.75 Å². The lowest BCUT2D eigenvalue weighted by atomic mass is 10.2. The van der Waals surface area contributed by atoms with Crippen molar-refractivity contribution in [1.82, 2.24) is 14.7 Å². The maximum Gasteiger partial charge on any atom is 0.257 e. The molecule has 18 heavy (non-hydrogen) atoms. The minimum atomic E-state index is -3.54. The monoisotopic (exact) mass is 267 g/mol. The van der Waals surface area contributed by atoms with E-state index in [9.17, 15) is 8.42 Å². The van der Waals surface area contributed by atoms with Crippen molar-refractivity contribution in [1.29, 1.82) is 0 Å². The number of ether oxygens (including phenoxy) is 1. The molecule has 0 atom stereocenters. The molecule has 0 bridgehead atoms. The second-order valence-corrected chi connectivity index (χ2v) is 5.33. The number of nitrogens with zero attached hydrogens (tertiary/aromatic N) is 1. The maximum absolute atomic E-state index is 11.8. The SMILES string of the molecule is COc1cccc(CNS(=O)(=O)c2cnc[nH]2)c1. The van der Waals surface area contributed by atoms with Gasteiger partial charge in [0, 0.05) is 6.54 Å². The number of H-pyrrole nitrogens is 1. The summed E-state index contributed by atoms with van der Waals surface area (Å²) in [6.45, 7) is 0.193. The molecule has 0 aliphatic heterocycles. The van der Waals surface area contributed by atoms with E-state index in [2.05, 4.69) is 14.7 Å². The van der Waals surface area contributed by atoms with Crippen molar-refractivity contribution in [2.24, 2.45) is 0 Å². The van der Waals surface area contributed by atoms with Gasteiger partial charge < -0.3 is 9.72 Å². The predicted octanol–water partition coefficient (Wildman–Crippen LogP) is 0.897. The van der Waals surface area contributed by atoms with Gasteiger partial charge in [-0.1, -0.05) is 12.1 Å². The Kier molecular flexibility index (Phi) is 3.63. The summed E-state index contributed by atoms with van der Waals surface area (Å²) in [5, 5.41) is 0.0467. The van der Waals surface area contributed by atoms with Crippen molar-refractivity contribution in [2.75, 3.05) is 7.11 Å². The van der Waals surface area contributed by atoms with E-state index in [1.807, 2.05) is 6.07 Å². The summed E-state index contributed by atoms with van der Waals surface area (Å²) >= 11 is 0. The van der Waals surface area contributed by atoms with E-state index in [0.717, 1.165) is 5.56 Å². The molecule has 0 saturated carbocycles. The largest absolute Gasteiger partial charge is 0.497 e. The Labute approximate surface area is 105 Å². The van der Waals surface area contributed by atoms with Crippen LogP contribution in [-0.2, 0) is 16.6 Å². The highest BCUT2D eigenvalue weighted by molar-refractivity contribution is 7.89. The van der Waals surface area contributed by atoms with E-state index in [1.165, 1.54) is 12.5 Å². The molecule has 2 rings (SSSR count). The molecule has 1 heterocycles. The molecule has 96 valence electrons. The Hall–Kier alpha value is -1.86. The Morgan fingerprint density at radius 3 is 2.94 bits per heavy atom. The molecule has 0 saturated heterocycles. The number of methoxy groups -OCH3 is 1. The average Bonchev–Trinajstić information content (AvgIpc) is 2.91. The molecule has 0 fully saturated rings. The molecule has 0 amide bonds. The lowest BCUT2D eigenvalue weighted by Crippen LogP contribution is -2.23. The lowest BCUT2D eigenvalue weighted by molar-refractivity contribution is 0.414. The van der Waals surface area contributed by atoms with Gasteiger partial charge in [-0.3, -0.25) is 0 Å². The molecular formula is C11H13N3O3S. The predicted molar refractivity (Wildman–Crippen MR) is 65.6 cm³/mol. The van der Waals surface area contributed by atoms with Crippen molar-refractivity contribution in [3.05, 3.63) is 42.4 Å². The molecular weight excluding hydrogens is 254 g/mol. The van der Waals surface area contributed by atoms with Gasteiger partial charge in [0.05, 0.1) is 19.6 Å². The number of sulfonamides is 1. The number of imidazole rings is 1. The van der Waals surface area contributed by atoms with Gasteiger partial charge in [-0.2, -0.15) is 0 Å². The summed E-state index contributed by atoms with van der Waals surface area (Å²) in [5.74, 6) is 0.688. The van der Waals surface area contributed by atoms with E-state index in [1.54, 1.807) is 25.3 Å². The van der Waals surface area contributed by atoms with Gasteiger partial charge in [0.1, 0.15) is 5.75 Å². The van der Waals surface area contributed by atoms with Crippen LogP contribution in [0.25, 0.3) is 0 Å². The van der Waals surface area contributed by atoms with Crippen LogP contribution < -0.4 is 9.46 Å². The van der Waals surface area contributed by atoms with Crippen molar-refractivity contribution in [3.63, 3.8) is 0 Å². The first-order valence-corrected chi connectivity index (χ1v) is 6.71. The summed E-state index contributed by atoms with van der Waals surface area (Å²) in [4.78, 5) is 6.23. The van der Waals surface area contributed by atoms with Crippen molar-refractivity contribution >= 4 is 10.0 Å². The number of hydrogen-bond acceptors (Lipinski definition) is 4. The number of aromatic nitrogens is 2. The normalized spacial score (nSPS) is 11.4. The Balaban J connectivity index is 2.07. The lowest BCUT2D eigenvalue weighted by Gasteiger charge is -2.06. The van der Waals surface area contributed by atoms with Crippen LogP contribution in [0.15, 0.2) is 41.8 Å².